The molecular formula is C9H17N3O2. The van der Waals surface area contributed by atoms with Crippen LogP contribution in [-0.4, -0.2) is 23.0 Å². The normalized spacial score (nSPS) is 18.9. The highest BCUT2D eigenvalue weighted by Crippen LogP contribution is 2.21. The number of nitrogens with two attached hydrogens (primary N) is 1. The average molecular weight is 199 g/mol. The first kappa shape index (κ1) is 10.8. The fraction of sp³-hybridized carbons (Fsp3) is 0.778. The van der Waals surface area contributed by atoms with Crippen molar-refractivity contribution >= 4 is 11.7 Å². The molecule has 0 saturated heterocycles. The van der Waals surface area contributed by atoms with Crippen molar-refractivity contribution in [2.45, 2.75) is 39.2 Å². The van der Waals surface area contributed by atoms with Crippen LogP contribution in [0.25, 0.3) is 0 Å². The lowest BCUT2D eigenvalue weighted by atomic mass is 9.87. The van der Waals surface area contributed by atoms with Gasteiger partial charge in [-0.05, 0) is 33.1 Å². The Morgan fingerprint density at radius 1 is 1.57 bits per heavy atom. The van der Waals surface area contributed by atoms with Crippen LogP contribution >= 0.6 is 0 Å². The third-order valence-corrected chi connectivity index (χ3v) is 2.76. The fourth-order valence-electron chi connectivity index (χ4n) is 1.16. The number of hydrogen-bond acceptors (Lipinski definition) is 3. The summed E-state index contributed by atoms with van der Waals surface area (Å²) in [4.78, 5) is 11.7. The predicted molar refractivity (Wildman–Crippen MR) is 53.0 cm³/mol. The Labute approximate surface area is 83.3 Å². The number of carbonyl (C=O) groups is 1. The van der Waals surface area contributed by atoms with E-state index in [9.17, 15) is 4.79 Å². The van der Waals surface area contributed by atoms with Crippen molar-refractivity contribution in [3.05, 3.63) is 0 Å². The number of nitrogens with one attached hydrogen (secondary N) is 1. The van der Waals surface area contributed by atoms with Gasteiger partial charge < -0.3 is 16.3 Å². The summed E-state index contributed by atoms with van der Waals surface area (Å²) in [6, 6.07) is 0.272. The Bertz CT molecular complexity index is 257. The zero-order chi connectivity index (χ0) is 10.8. The van der Waals surface area contributed by atoms with Crippen LogP contribution < -0.4 is 11.1 Å². The summed E-state index contributed by atoms with van der Waals surface area (Å²) in [7, 11) is 0. The van der Waals surface area contributed by atoms with Crippen molar-refractivity contribution < 1.29 is 10.0 Å². The molecular weight excluding hydrogens is 182 g/mol. The first-order chi connectivity index (χ1) is 6.48. The lowest BCUT2D eigenvalue weighted by Gasteiger charge is -2.30. The lowest BCUT2D eigenvalue weighted by Crippen LogP contribution is -2.50. The van der Waals surface area contributed by atoms with Crippen LogP contribution in [0.1, 0.15) is 33.1 Å². The molecule has 1 saturated carbocycles. The molecule has 1 rings (SSSR count). The number of hydrogen-bond donors (Lipinski definition) is 3. The second-order valence-electron chi connectivity index (χ2n) is 4.21. The first-order valence-corrected chi connectivity index (χ1v) is 4.77. The van der Waals surface area contributed by atoms with E-state index in [1.54, 1.807) is 13.8 Å². The highest BCUT2D eigenvalue weighted by molar-refractivity contribution is 6.05. The summed E-state index contributed by atoms with van der Waals surface area (Å²) in [6.07, 6.45) is 3.21. The van der Waals surface area contributed by atoms with Gasteiger partial charge in [-0.3, -0.25) is 4.79 Å². The minimum atomic E-state index is -0.940. The van der Waals surface area contributed by atoms with Crippen molar-refractivity contribution in [2.24, 2.45) is 16.3 Å². The van der Waals surface area contributed by atoms with Crippen LogP contribution in [0.3, 0.4) is 0 Å². The van der Waals surface area contributed by atoms with Crippen molar-refractivity contribution in [3.63, 3.8) is 0 Å². The summed E-state index contributed by atoms with van der Waals surface area (Å²) >= 11 is 0. The summed E-state index contributed by atoms with van der Waals surface area (Å²) in [5.41, 5.74) is 4.49. The molecule has 1 aliphatic rings. The van der Waals surface area contributed by atoms with E-state index in [1.165, 1.54) is 0 Å². The number of rotatable bonds is 3. The van der Waals surface area contributed by atoms with Crippen LogP contribution in [0.5, 0.6) is 0 Å². The number of amides is 1. The molecule has 0 aromatic rings. The topological polar surface area (TPSA) is 87.7 Å². The molecule has 4 N–H and O–H groups in total. The minimum Gasteiger partial charge on any atom is -0.409 e. The molecule has 0 atom stereocenters. The van der Waals surface area contributed by atoms with E-state index in [0.29, 0.717) is 0 Å². The maximum absolute atomic E-state index is 11.7. The first-order valence-electron chi connectivity index (χ1n) is 4.77. The largest absolute Gasteiger partial charge is 0.409 e. The fourth-order valence-corrected chi connectivity index (χ4v) is 1.16. The standard InChI is InChI=1S/C9H17N3O2/c1-9(2,7(10)12-14)8(13)11-6-4-3-5-6/h6,14H,3-5H2,1-2H3,(H2,10,12)(H,11,13). The van der Waals surface area contributed by atoms with Gasteiger partial charge in [0, 0.05) is 6.04 Å². The summed E-state index contributed by atoms with van der Waals surface area (Å²) in [5, 5.41) is 14.2. The van der Waals surface area contributed by atoms with E-state index in [0.717, 1.165) is 19.3 Å². The molecule has 1 fully saturated rings. The third-order valence-electron chi connectivity index (χ3n) is 2.76. The Balaban J connectivity index is 2.57. The Hall–Kier alpha value is -1.26. The van der Waals surface area contributed by atoms with E-state index < -0.39 is 5.41 Å². The molecule has 0 spiro atoms. The van der Waals surface area contributed by atoms with Crippen molar-refractivity contribution in [3.8, 4) is 0 Å². The molecule has 5 heteroatoms. The van der Waals surface area contributed by atoms with Gasteiger partial charge >= 0.3 is 0 Å². The SMILES string of the molecule is CC(C)(C(=O)NC1CCC1)/C(N)=N/O. The van der Waals surface area contributed by atoms with Crippen LogP contribution in [0.2, 0.25) is 0 Å². The summed E-state index contributed by atoms with van der Waals surface area (Å²) in [6.45, 7) is 3.27. The Morgan fingerprint density at radius 2 is 2.14 bits per heavy atom. The highest BCUT2D eigenvalue weighted by Gasteiger charge is 2.34. The Morgan fingerprint density at radius 3 is 2.50 bits per heavy atom. The van der Waals surface area contributed by atoms with Gasteiger partial charge in [-0.1, -0.05) is 5.16 Å². The van der Waals surface area contributed by atoms with Gasteiger partial charge in [-0.15, -0.1) is 0 Å². The monoisotopic (exact) mass is 199 g/mol. The van der Waals surface area contributed by atoms with Crippen LogP contribution in [0, 0.1) is 5.41 Å². The average Bonchev–Trinajstić information content (AvgIpc) is 2.09. The van der Waals surface area contributed by atoms with Gasteiger partial charge in [0.05, 0.1) is 0 Å². The molecule has 0 aromatic carbocycles. The van der Waals surface area contributed by atoms with Crippen molar-refractivity contribution in [1.29, 1.82) is 0 Å². The second-order valence-corrected chi connectivity index (χ2v) is 4.21. The number of carbonyl (C=O) groups excluding carboxylic acids is 1. The van der Waals surface area contributed by atoms with E-state index in [-0.39, 0.29) is 17.8 Å². The molecule has 0 unspecified atom stereocenters. The van der Waals surface area contributed by atoms with Crippen LogP contribution in [0.15, 0.2) is 5.16 Å². The predicted octanol–water partition coefficient (Wildman–Crippen LogP) is 0.428. The Kier molecular flexibility index (Phi) is 2.98. The zero-order valence-corrected chi connectivity index (χ0v) is 8.58. The molecule has 0 aromatic heterocycles. The van der Waals surface area contributed by atoms with Gasteiger partial charge in [-0.2, -0.15) is 0 Å². The number of nitrogens with zero attached hydrogens (tertiary/aromatic N) is 1. The molecule has 0 radical (unpaired) electrons. The van der Waals surface area contributed by atoms with Gasteiger partial charge in [0.15, 0.2) is 5.84 Å². The van der Waals surface area contributed by atoms with Gasteiger partial charge in [0.2, 0.25) is 5.91 Å². The van der Waals surface area contributed by atoms with Crippen molar-refractivity contribution in [2.75, 3.05) is 0 Å². The van der Waals surface area contributed by atoms with E-state index in [2.05, 4.69) is 10.5 Å². The zero-order valence-electron chi connectivity index (χ0n) is 8.58. The van der Waals surface area contributed by atoms with Crippen LogP contribution in [0.4, 0.5) is 0 Å². The van der Waals surface area contributed by atoms with Gasteiger partial charge in [0.1, 0.15) is 5.41 Å². The molecule has 0 aliphatic heterocycles. The van der Waals surface area contributed by atoms with Crippen molar-refractivity contribution in [1.82, 2.24) is 5.32 Å². The molecule has 80 valence electrons. The number of amidine groups is 1. The molecule has 5 nitrogen and oxygen atoms in total. The molecule has 0 bridgehead atoms. The minimum absolute atomic E-state index is 0.0608. The smallest absolute Gasteiger partial charge is 0.233 e. The number of oxime groups is 1. The van der Waals surface area contributed by atoms with E-state index >= 15 is 0 Å². The molecule has 0 heterocycles. The van der Waals surface area contributed by atoms with E-state index in [1.807, 2.05) is 0 Å². The highest BCUT2D eigenvalue weighted by atomic mass is 16.4. The molecule has 1 amide bonds. The lowest BCUT2D eigenvalue weighted by molar-refractivity contribution is -0.127. The van der Waals surface area contributed by atoms with Gasteiger partial charge in [0.25, 0.3) is 0 Å². The third kappa shape index (κ3) is 1.97. The van der Waals surface area contributed by atoms with Gasteiger partial charge in [-0.25, -0.2) is 0 Å². The summed E-state index contributed by atoms with van der Waals surface area (Å²) in [5.74, 6) is -0.244. The van der Waals surface area contributed by atoms with Crippen LogP contribution in [-0.2, 0) is 4.79 Å². The molecule has 14 heavy (non-hydrogen) atoms. The quantitative estimate of drug-likeness (QED) is 0.266. The second kappa shape index (κ2) is 3.86. The maximum atomic E-state index is 11.7. The molecule has 1 aliphatic carbocycles. The maximum Gasteiger partial charge on any atom is 0.233 e. The van der Waals surface area contributed by atoms with E-state index in [4.69, 9.17) is 10.9 Å². The summed E-state index contributed by atoms with van der Waals surface area (Å²) < 4.78 is 0.